The van der Waals surface area contributed by atoms with E-state index in [0.717, 1.165) is 19.6 Å². The van der Waals surface area contributed by atoms with Crippen LogP contribution in [-0.4, -0.2) is 50.7 Å². The zero-order valence-electron chi connectivity index (χ0n) is 11.1. The lowest BCUT2D eigenvalue weighted by Crippen LogP contribution is -2.38. The van der Waals surface area contributed by atoms with Gasteiger partial charge in [0.05, 0.1) is 6.61 Å². The topological polar surface area (TPSA) is 41.6 Å². The first-order chi connectivity index (χ1) is 7.61. The van der Waals surface area contributed by atoms with Gasteiger partial charge in [-0.3, -0.25) is 4.79 Å². The lowest BCUT2D eigenvalue weighted by Gasteiger charge is -2.24. The molecule has 96 valence electrons. The molecule has 0 aliphatic rings. The summed E-state index contributed by atoms with van der Waals surface area (Å²) in [4.78, 5) is 13.8. The van der Waals surface area contributed by atoms with Crippen LogP contribution in [0.4, 0.5) is 0 Å². The van der Waals surface area contributed by atoms with Gasteiger partial charge in [0.2, 0.25) is 5.91 Å². The third kappa shape index (κ3) is 7.65. The Morgan fingerprint density at radius 1 is 1.44 bits per heavy atom. The van der Waals surface area contributed by atoms with Crippen LogP contribution in [0.25, 0.3) is 0 Å². The van der Waals surface area contributed by atoms with Crippen molar-refractivity contribution in [3.05, 3.63) is 0 Å². The number of nitrogens with zero attached hydrogens (tertiary/aromatic N) is 1. The van der Waals surface area contributed by atoms with Crippen LogP contribution in [0.3, 0.4) is 0 Å². The maximum atomic E-state index is 11.9. The Morgan fingerprint density at radius 3 is 2.62 bits per heavy atom. The fourth-order valence-electron chi connectivity index (χ4n) is 1.49. The van der Waals surface area contributed by atoms with E-state index in [1.807, 2.05) is 11.8 Å². The van der Waals surface area contributed by atoms with Crippen molar-refractivity contribution in [1.29, 1.82) is 0 Å². The lowest BCUT2D eigenvalue weighted by molar-refractivity contribution is -0.132. The maximum absolute atomic E-state index is 11.9. The van der Waals surface area contributed by atoms with Gasteiger partial charge >= 0.3 is 0 Å². The van der Waals surface area contributed by atoms with E-state index in [2.05, 4.69) is 19.2 Å². The number of hydrogen-bond donors (Lipinski definition) is 1. The molecule has 0 radical (unpaired) electrons. The highest BCUT2D eigenvalue weighted by Crippen LogP contribution is 2.01. The standard InChI is InChI=1S/C12H26N2O2/c1-5-13-7-6-12(15)14(8-9-16-4)10-11(2)3/h11,13H,5-10H2,1-4H3. The van der Waals surface area contributed by atoms with Crippen LogP contribution < -0.4 is 5.32 Å². The highest BCUT2D eigenvalue weighted by atomic mass is 16.5. The molecule has 0 aromatic heterocycles. The number of carbonyl (C=O) groups excluding carboxylic acids is 1. The van der Waals surface area contributed by atoms with E-state index < -0.39 is 0 Å². The Morgan fingerprint density at radius 2 is 2.12 bits per heavy atom. The molecule has 0 aliphatic carbocycles. The molecule has 16 heavy (non-hydrogen) atoms. The molecule has 0 aromatic carbocycles. The fourth-order valence-corrected chi connectivity index (χ4v) is 1.49. The van der Waals surface area contributed by atoms with E-state index in [-0.39, 0.29) is 5.91 Å². The minimum absolute atomic E-state index is 0.215. The van der Waals surface area contributed by atoms with Gasteiger partial charge < -0.3 is 15.0 Å². The number of amides is 1. The minimum Gasteiger partial charge on any atom is -0.383 e. The summed E-state index contributed by atoms with van der Waals surface area (Å²) >= 11 is 0. The third-order valence-electron chi connectivity index (χ3n) is 2.27. The van der Waals surface area contributed by atoms with Crippen LogP contribution in [0.1, 0.15) is 27.2 Å². The largest absolute Gasteiger partial charge is 0.383 e. The fraction of sp³-hybridized carbons (Fsp3) is 0.917. The van der Waals surface area contributed by atoms with Gasteiger partial charge in [0, 0.05) is 33.2 Å². The number of ether oxygens (including phenoxy) is 1. The smallest absolute Gasteiger partial charge is 0.223 e. The van der Waals surface area contributed by atoms with Crippen LogP contribution >= 0.6 is 0 Å². The molecule has 0 fully saturated rings. The van der Waals surface area contributed by atoms with Gasteiger partial charge in [-0.2, -0.15) is 0 Å². The Balaban J connectivity index is 3.99. The molecule has 0 rings (SSSR count). The summed E-state index contributed by atoms with van der Waals surface area (Å²) < 4.78 is 5.02. The van der Waals surface area contributed by atoms with Gasteiger partial charge in [0.25, 0.3) is 0 Å². The summed E-state index contributed by atoms with van der Waals surface area (Å²) in [5.41, 5.74) is 0. The number of hydrogen-bond acceptors (Lipinski definition) is 3. The molecule has 1 amide bonds. The lowest BCUT2D eigenvalue weighted by atomic mass is 10.2. The molecule has 0 unspecified atom stereocenters. The quantitative estimate of drug-likeness (QED) is 0.603. The molecule has 0 heterocycles. The third-order valence-corrected chi connectivity index (χ3v) is 2.27. The van der Waals surface area contributed by atoms with Gasteiger partial charge in [0.15, 0.2) is 0 Å². The zero-order chi connectivity index (χ0) is 12.4. The van der Waals surface area contributed by atoms with E-state index in [0.29, 0.717) is 25.5 Å². The van der Waals surface area contributed by atoms with Gasteiger partial charge in [0.1, 0.15) is 0 Å². The Bertz CT molecular complexity index is 184. The molecule has 4 heteroatoms. The van der Waals surface area contributed by atoms with Crippen molar-refractivity contribution in [3.63, 3.8) is 0 Å². The molecular weight excluding hydrogens is 204 g/mol. The van der Waals surface area contributed by atoms with Crippen LogP contribution in [0.2, 0.25) is 0 Å². The van der Waals surface area contributed by atoms with Gasteiger partial charge in [-0.1, -0.05) is 20.8 Å². The van der Waals surface area contributed by atoms with Crippen LogP contribution in [0, 0.1) is 5.92 Å². The second-order valence-electron chi connectivity index (χ2n) is 4.33. The van der Waals surface area contributed by atoms with Gasteiger partial charge in [-0.25, -0.2) is 0 Å². The second kappa shape index (κ2) is 9.60. The van der Waals surface area contributed by atoms with Crippen LogP contribution in [0.5, 0.6) is 0 Å². The molecule has 0 aromatic rings. The Labute approximate surface area is 99.3 Å². The number of methoxy groups -OCH3 is 1. The van der Waals surface area contributed by atoms with Crippen LogP contribution in [-0.2, 0) is 9.53 Å². The molecule has 0 saturated carbocycles. The second-order valence-corrected chi connectivity index (χ2v) is 4.33. The number of nitrogens with one attached hydrogen (secondary N) is 1. The predicted molar refractivity (Wildman–Crippen MR) is 66.5 cm³/mol. The van der Waals surface area contributed by atoms with E-state index in [4.69, 9.17) is 4.74 Å². The molecule has 0 saturated heterocycles. The average Bonchev–Trinajstić information content (AvgIpc) is 2.23. The Kier molecular flexibility index (Phi) is 9.24. The molecular formula is C12H26N2O2. The summed E-state index contributed by atoms with van der Waals surface area (Å²) in [5.74, 6) is 0.714. The van der Waals surface area contributed by atoms with Crippen molar-refractivity contribution >= 4 is 5.91 Å². The Hall–Kier alpha value is -0.610. The zero-order valence-corrected chi connectivity index (χ0v) is 11.1. The summed E-state index contributed by atoms with van der Waals surface area (Å²) in [7, 11) is 1.66. The molecule has 0 aliphatic heterocycles. The van der Waals surface area contributed by atoms with Crippen molar-refractivity contribution in [2.75, 3.05) is 39.9 Å². The van der Waals surface area contributed by atoms with Crippen molar-refractivity contribution in [2.45, 2.75) is 27.2 Å². The van der Waals surface area contributed by atoms with Crippen molar-refractivity contribution in [1.82, 2.24) is 10.2 Å². The molecule has 4 nitrogen and oxygen atoms in total. The van der Waals surface area contributed by atoms with Crippen molar-refractivity contribution < 1.29 is 9.53 Å². The summed E-state index contributed by atoms with van der Waals surface area (Å²) in [6, 6.07) is 0. The predicted octanol–water partition coefficient (Wildman–Crippen LogP) is 1.12. The first-order valence-electron chi connectivity index (χ1n) is 6.09. The van der Waals surface area contributed by atoms with E-state index in [9.17, 15) is 4.79 Å². The highest BCUT2D eigenvalue weighted by molar-refractivity contribution is 5.76. The van der Waals surface area contributed by atoms with E-state index in [1.54, 1.807) is 7.11 Å². The SMILES string of the molecule is CCNCCC(=O)N(CCOC)CC(C)C. The van der Waals surface area contributed by atoms with E-state index >= 15 is 0 Å². The summed E-state index contributed by atoms with van der Waals surface area (Å²) in [5, 5.41) is 3.16. The molecule has 1 N–H and O–H groups in total. The van der Waals surface area contributed by atoms with Gasteiger partial charge in [-0.15, -0.1) is 0 Å². The van der Waals surface area contributed by atoms with Crippen LogP contribution in [0.15, 0.2) is 0 Å². The highest BCUT2D eigenvalue weighted by Gasteiger charge is 2.13. The monoisotopic (exact) mass is 230 g/mol. The maximum Gasteiger partial charge on any atom is 0.223 e. The average molecular weight is 230 g/mol. The van der Waals surface area contributed by atoms with Crippen molar-refractivity contribution in [2.24, 2.45) is 5.92 Å². The first-order valence-corrected chi connectivity index (χ1v) is 6.09. The number of rotatable bonds is 9. The molecule has 0 atom stereocenters. The molecule has 0 spiro atoms. The van der Waals surface area contributed by atoms with Crippen molar-refractivity contribution in [3.8, 4) is 0 Å². The normalized spacial score (nSPS) is 10.8. The van der Waals surface area contributed by atoms with E-state index in [1.165, 1.54) is 0 Å². The summed E-state index contributed by atoms with van der Waals surface area (Å²) in [6.45, 7) is 10.1. The summed E-state index contributed by atoms with van der Waals surface area (Å²) in [6.07, 6.45) is 0.574. The number of carbonyl (C=O) groups is 1. The minimum atomic E-state index is 0.215. The molecule has 0 bridgehead atoms. The first kappa shape index (κ1) is 15.4. The van der Waals surface area contributed by atoms with Gasteiger partial charge in [-0.05, 0) is 12.5 Å².